The third-order valence-electron chi connectivity index (χ3n) is 2.48. The van der Waals surface area contributed by atoms with E-state index in [1.807, 2.05) is 0 Å². The van der Waals surface area contributed by atoms with Gasteiger partial charge in [0.25, 0.3) is 0 Å². The SMILES string of the molecule is NCC(=O)NCC1CN2C(=O)CC2O1. The van der Waals surface area contributed by atoms with Gasteiger partial charge in [-0.15, -0.1) is 0 Å². The van der Waals surface area contributed by atoms with Crippen molar-refractivity contribution in [2.75, 3.05) is 19.6 Å². The fourth-order valence-corrected chi connectivity index (χ4v) is 1.66. The highest BCUT2D eigenvalue weighted by Crippen LogP contribution is 2.28. The number of rotatable bonds is 3. The van der Waals surface area contributed by atoms with E-state index in [2.05, 4.69) is 5.32 Å². The van der Waals surface area contributed by atoms with Gasteiger partial charge in [0, 0.05) is 6.54 Å². The normalized spacial score (nSPS) is 29.8. The lowest BCUT2D eigenvalue weighted by molar-refractivity contribution is -0.156. The van der Waals surface area contributed by atoms with Gasteiger partial charge in [0.05, 0.1) is 25.6 Å². The fourth-order valence-electron chi connectivity index (χ4n) is 1.66. The van der Waals surface area contributed by atoms with Crippen molar-refractivity contribution < 1.29 is 14.3 Å². The van der Waals surface area contributed by atoms with Crippen LogP contribution in [0.25, 0.3) is 0 Å². The average molecular weight is 199 g/mol. The molecule has 78 valence electrons. The monoisotopic (exact) mass is 199 g/mol. The molecule has 2 atom stereocenters. The van der Waals surface area contributed by atoms with Gasteiger partial charge in [0.1, 0.15) is 6.23 Å². The van der Waals surface area contributed by atoms with Crippen LogP contribution in [0.1, 0.15) is 6.42 Å². The maximum absolute atomic E-state index is 11.0. The Kier molecular flexibility index (Phi) is 2.39. The van der Waals surface area contributed by atoms with Gasteiger partial charge in [-0.25, -0.2) is 0 Å². The van der Waals surface area contributed by atoms with Crippen molar-refractivity contribution in [3.63, 3.8) is 0 Å². The molecule has 0 aromatic rings. The highest BCUT2D eigenvalue weighted by atomic mass is 16.5. The molecule has 0 radical (unpaired) electrons. The van der Waals surface area contributed by atoms with Gasteiger partial charge in [-0.2, -0.15) is 0 Å². The summed E-state index contributed by atoms with van der Waals surface area (Å²) in [5.41, 5.74) is 5.13. The number of nitrogens with zero attached hydrogens (tertiary/aromatic N) is 1. The maximum Gasteiger partial charge on any atom is 0.233 e. The van der Waals surface area contributed by atoms with Crippen molar-refractivity contribution >= 4 is 11.8 Å². The number of fused-ring (bicyclic) bond motifs is 1. The van der Waals surface area contributed by atoms with Gasteiger partial charge in [0.15, 0.2) is 0 Å². The summed E-state index contributed by atoms with van der Waals surface area (Å²) < 4.78 is 5.48. The van der Waals surface area contributed by atoms with Crippen LogP contribution in [0.4, 0.5) is 0 Å². The molecule has 0 spiro atoms. The minimum absolute atomic E-state index is 0.0151. The highest BCUT2D eigenvalue weighted by Gasteiger charge is 2.44. The zero-order valence-corrected chi connectivity index (χ0v) is 7.73. The number of hydrogen-bond donors (Lipinski definition) is 2. The standard InChI is InChI=1S/C8H13N3O3/c9-2-6(12)10-3-5-4-11-7(13)1-8(11)14-5/h5,8H,1-4,9H2,(H,10,12). The van der Waals surface area contributed by atoms with E-state index in [0.717, 1.165) is 0 Å². The molecule has 2 aliphatic heterocycles. The summed E-state index contributed by atoms with van der Waals surface area (Å²) >= 11 is 0. The van der Waals surface area contributed by atoms with Gasteiger partial charge in [-0.1, -0.05) is 0 Å². The first-order valence-corrected chi connectivity index (χ1v) is 4.62. The third-order valence-corrected chi connectivity index (χ3v) is 2.48. The molecule has 2 saturated heterocycles. The Morgan fingerprint density at radius 3 is 3.07 bits per heavy atom. The quantitative estimate of drug-likeness (QED) is 0.516. The molecule has 0 aromatic heterocycles. The molecular formula is C8H13N3O3. The summed E-state index contributed by atoms with van der Waals surface area (Å²) in [7, 11) is 0. The van der Waals surface area contributed by atoms with Crippen LogP contribution < -0.4 is 11.1 Å². The van der Waals surface area contributed by atoms with Gasteiger partial charge >= 0.3 is 0 Å². The molecule has 6 heteroatoms. The second-order valence-corrected chi connectivity index (χ2v) is 3.47. The number of nitrogens with one attached hydrogen (secondary N) is 1. The summed E-state index contributed by atoms with van der Waals surface area (Å²) in [6.07, 6.45) is 0.339. The van der Waals surface area contributed by atoms with E-state index in [-0.39, 0.29) is 30.7 Å². The number of β-lactam (4-membered cyclic amide) rings is 1. The Morgan fingerprint density at radius 1 is 1.71 bits per heavy atom. The van der Waals surface area contributed by atoms with E-state index in [1.54, 1.807) is 4.90 Å². The second-order valence-electron chi connectivity index (χ2n) is 3.47. The van der Waals surface area contributed by atoms with Gasteiger partial charge in [-0.3, -0.25) is 9.59 Å². The molecule has 0 bridgehead atoms. The van der Waals surface area contributed by atoms with Crippen LogP contribution in [0.15, 0.2) is 0 Å². The first-order chi connectivity index (χ1) is 6.70. The van der Waals surface area contributed by atoms with E-state index >= 15 is 0 Å². The number of nitrogens with two attached hydrogens (primary N) is 1. The Hall–Kier alpha value is -1.14. The lowest BCUT2D eigenvalue weighted by Crippen LogP contribution is -2.48. The van der Waals surface area contributed by atoms with E-state index in [1.165, 1.54) is 0 Å². The van der Waals surface area contributed by atoms with Crippen LogP contribution in [0.3, 0.4) is 0 Å². The van der Waals surface area contributed by atoms with Crippen LogP contribution >= 0.6 is 0 Å². The molecule has 6 nitrogen and oxygen atoms in total. The van der Waals surface area contributed by atoms with Crippen LogP contribution in [-0.2, 0) is 14.3 Å². The lowest BCUT2D eigenvalue weighted by Gasteiger charge is -2.31. The van der Waals surface area contributed by atoms with Crippen molar-refractivity contribution in [3.8, 4) is 0 Å². The van der Waals surface area contributed by atoms with E-state index in [4.69, 9.17) is 10.5 Å². The Labute approximate surface area is 81.4 Å². The molecule has 2 amide bonds. The summed E-state index contributed by atoms with van der Waals surface area (Å²) in [4.78, 5) is 23.5. The Bertz CT molecular complexity index is 269. The van der Waals surface area contributed by atoms with E-state index in [0.29, 0.717) is 19.5 Å². The van der Waals surface area contributed by atoms with Gasteiger partial charge < -0.3 is 20.7 Å². The molecule has 3 N–H and O–H groups in total. The summed E-state index contributed by atoms with van der Waals surface area (Å²) in [5.74, 6) is -0.0724. The fraction of sp³-hybridized carbons (Fsp3) is 0.750. The van der Waals surface area contributed by atoms with Crippen LogP contribution in [0, 0.1) is 0 Å². The molecule has 2 unspecified atom stereocenters. The zero-order valence-electron chi connectivity index (χ0n) is 7.73. The van der Waals surface area contributed by atoms with Crippen molar-refractivity contribution in [3.05, 3.63) is 0 Å². The largest absolute Gasteiger partial charge is 0.352 e. The predicted octanol–water partition coefficient (Wildman–Crippen LogP) is -1.98. The molecule has 2 rings (SSSR count). The van der Waals surface area contributed by atoms with Crippen molar-refractivity contribution in [2.45, 2.75) is 18.8 Å². The zero-order chi connectivity index (χ0) is 10.1. The molecular weight excluding hydrogens is 186 g/mol. The summed E-state index contributed by atoms with van der Waals surface area (Å²) in [6, 6.07) is 0. The minimum Gasteiger partial charge on any atom is -0.352 e. The number of carbonyl (C=O) groups excluding carboxylic acids is 2. The molecule has 0 aliphatic carbocycles. The van der Waals surface area contributed by atoms with E-state index < -0.39 is 0 Å². The second kappa shape index (κ2) is 3.55. The van der Waals surface area contributed by atoms with Gasteiger partial charge in [-0.05, 0) is 0 Å². The molecule has 14 heavy (non-hydrogen) atoms. The predicted molar refractivity (Wildman–Crippen MR) is 47.1 cm³/mol. The molecule has 0 aromatic carbocycles. The smallest absolute Gasteiger partial charge is 0.233 e. The summed E-state index contributed by atoms with van der Waals surface area (Å²) in [6.45, 7) is 0.990. The van der Waals surface area contributed by atoms with Crippen molar-refractivity contribution in [1.29, 1.82) is 0 Å². The molecule has 2 aliphatic rings. The Balaban J connectivity index is 1.74. The third kappa shape index (κ3) is 1.58. The van der Waals surface area contributed by atoms with Gasteiger partial charge in [0.2, 0.25) is 11.8 Å². The van der Waals surface area contributed by atoms with Crippen molar-refractivity contribution in [1.82, 2.24) is 10.2 Å². The number of hydrogen-bond acceptors (Lipinski definition) is 4. The Morgan fingerprint density at radius 2 is 2.50 bits per heavy atom. The highest BCUT2D eigenvalue weighted by molar-refractivity contribution is 5.83. The first-order valence-electron chi connectivity index (χ1n) is 4.62. The minimum atomic E-state index is -0.200. The van der Waals surface area contributed by atoms with Crippen LogP contribution in [0.2, 0.25) is 0 Å². The topological polar surface area (TPSA) is 84.7 Å². The number of carbonyl (C=O) groups is 2. The lowest BCUT2D eigenvalue weighted by atomic mass is 10.2. The number of ether oxygens (including phenoxy) is 1. The number of amides is 2. The summed E-state index contributed by atoms with van der Waals surface area (Å²) in [5, 5.41) is 2.63. The molecule has 0 saturated carbocycles. The van der Waals surface area contributed by atoms with Crippen LogP contribution in [-0.4, -0.2) is 48.7 Å². The molecule has 2 heterocycles. The average Bonchev–Trinajstić information content (AvgIpc) is 2.51. The van der Waals surface area contributed by atoms with E-state index in [9.17, 15) is 9.59 Å². The maximum atomic E-state index is 11.0. The molecule has 2 fully saturated rings. The van der Waals surface area contributed by atoms with Crippen LogP contribution in [0.5, 0.6) is 0 Å². The van der Waals surface area contributed by atoms with Crippen molar-refractivity contribution in [2.24, 2.45) is 5.73 Å². The first kappa shape index (κ1) is 9.42.